The molecule has 0 N–H and O–H groups in total. The maximum atomic E-state index is 6.49. The largest absolute Gasteiger partial charge is 0.494 e. The van der Waals surface area contributed by atoms with E-state index in [0.29, 0.717) is 6.61 Å². The Kier molecular flexibility index (Phi) is 4.70. The molecule has 2 aliphatic heterocycles. The fourth-order valence-corrected chi connectivity index (χ4v) is 4.43. The number of nitrogens with zero attached hydrogens (tertiary/aromatic N) is 2. The summed E-state index contributed by atoms with van der Waals surface area (Å²) in [6, 6.07) is 23.3. The molecular weight excluding hydrogens is 372 g/mol. The van der Waals surface area contributed by atoms with Crippen LogP contribution in [0.1, 0.15) is 53.4 Å². The van der Waals surface area contributed by atoms with Crippen molar-refractivity contribution in [3.8, 4) is 11.5 Å². The number of para-hydroxylation sites is 1. The van der Waals surface area contributed by atoms with Crippen LogP contribution in [0.25, 0.3) is 0 Å². The first-order chi connectivity index (χ1) is 14.6. The average molecular weight is 399 g/mol. The van der Waals surface area contributed by atoms with Crippen LogP contribution >= 0.6 is 0 Å². The molecule has 0 fully saturated rings. The smallest absolute Gasteiger partial charge is 0.214 e. The van der Waals surface area contributed by atoms with Gasteiger partial charge in [-0.05, 0) is 62.2 Å². The highest BCUT2D eigenvalue weighted by Crippen LogP contribution is 2.47. The molecule has 0 saturated heterocycles. The summed E-state index contributed by atoms with van der Waals surface area (Å²) >= 11 is 0. The first-order valence-electron chi connectivity index (χ1n) is 10.6. The van der Waals surface area contributed by atoms with Gasteiger partial charge in [-0.2, -0.15) is 5.10 Å². The lowest BCUT2D eigenvalue weighted by atomic mass is 9.95. The van der Waals surface area contributed by atoms with E-state index in [-0.39, 0.29) is 12.3 Å². The predicted octanol–water partition coefficient (Wildman–Crippen LogP) is 5.94. The Hall–Kier alpha value is -3.27. The van der Waals surface area contributed by atoms with Gasteiger partial charge in [-0.1, -0.05) is 42.0 Å². The third-order valence-electron chi connectivity index (χ3n) is 5.89. The molecule has 5 rings (SSSR count). The van der Waals surface area contributed by atoms with Crippen LogP contribution in [0.5, 0.6) is 11.5 Å². The first-order valence-corrected chi connectivity index (χ1v) is 10.6. The molecule has 0 amide bonds. The second-order valence-corrected chi connectivity index (χ2v) is 7.97. The molecule has 0 aliphatic carbocycles. The zero-order chi connectivity index (χ0) is 20.7. The molecule has 0 saturated carbocycles. The van der Waals surface area contributed by atoms with E-state index >= 15 is 0 Å². The molecule has 0 aromatic heterocycles. The van der Waals surface area contributed by atoms with Crippen molar-refractivity contribution in [2.75, 3.05) is 6.61 Å². The van der Waals surface area contributed by atoms with E-state index in [0.717, 1.165) is 34.8 Å². The Morgan fingerprint density at radius 2 is 1.80 bits per heavy atom. The minimum Gasteiger partial charge on any atom is -0.494 e. The van der Waals surface area contributed by atoms with Crippen molar-refractivity contribution in [3.05, 3.63) is 94.5 Å². The van der Waals surface area contributed by atoms with Gasteiger partial charge >= 0.3 is 0 Å². The summed E-state index contributed by atoms with van der Waals surface area (Å²) in [6.45, 7) is 6.93. The average Bonchev–Trinajstić information content (AvgIpc) is 3.20. The fourth-order valence-electron chi connectivity index (χ4n) is 4.43. The summed E-state index contributed by atoms with van der Waals surface area (Å²) in [4.78, 5) is 0. The normalized spacial score (nSPS) is 19.6. The van der Waals surface area contributed by atoms with Gasteiger partial charge in [-0.15, -0.1) is 0 Å². The number of aryl methyl sites for hydroxylation is 2. The highest BCUT2D eigenvalue weighted by molar-refractivity contribution is 6.02. The molecule has 0 unspecified atom stereocenters. The zero-order valence-electron chi connectivity index (χ0n) is 17.6. The van der Waals surface area contributed by atoms with E-state index in [9.17, 15) is 0 Å². The summed E-state index contributed by atoms with van der Waals surface area (Å²) < 4.78 is 12.1. The topological polar surface area (TPSA) is 34.1 Å². The number of rotatable bonds is 4. The minimum absolute atomic E-state index is 0.169. The summed E-state index contributed by atoms with van der Waals surface area (Å²) in [7, 11) is 0. The Morgan fingerprint density at radius 3 is 2.57 bits per heavy atom. The Labute approximate surface area is 177 Å². The van der Waals surface area contributed by atoms with Crippen LogP contribution in [0, 0.1) is 13.8 Å². The van der Waals surface area contributed by atoms with E-state index in [1.165, 1.54) is 16.7 Å². The van der Waals surface area contributed by atoms with Crippen molar-refractivity contribution in [1.29, 1.82) is 0 Å². The Balaban J connectivity index is 1.55. The second kappa shape index (κ2) is 7.52. The molecule has 3 aromatic carbocycles. The number of benzene rings is 3. The van der Waals surface area contributed by atoms with Gasteiger partial charge in [-0.25, -0.2) is 5.01 Å². The highest BCUT2D eigenvalue weighted by atomic mass is 16.5. The van der Waals surface area contributed by atoms with Crippen molar-refractivity contribution in [3.63, 3.8) is 0 Å². The van der Waals surface area contributed by atoms with Gasteiger partial charge in [0.25, 0.3) is 0 Å². The maximum absolute atomic E-state index is 6.49. The van der Waals surface area contributed by atoms with E-state index in [1.807, 2.05) is 25.1 Å². The summed E-state index contributed by atoms with van der Waals surface area (Å²) in [5.41, 5.74) is 7.05. The molecule has 0 radical (unpaired) electrons. The minimum atomic E-state index is -0.231. The monoisotopic (exact) mass is 398 g/mol. The molecule has 0 spiro atoms. The van der Waals surface area contributed by atoms with Crippen molar-refractivity contribution < 1.29 is 9.47 Å². The third-order valence-corrected chi connectivity index (χ3v) is 5.89. The van der Waals surface area contributed by atoms with E-state index in [4.69, 9.17) is 14.6 Å². The SMILES string of the molecule is CCOc1ccc(C2=NN3[C@@H](C2)c2ccccc2O[C@H]3c2ccc(C)cc2C)cc1. The number of hydrogen-bond acceptors (Lipinski definition) is 4. The second-order valence-electron chi connectivity index (χ2n) is 7.97. The maximum Gasteiger partial charge on any atom is 0.214 e. The van der Waals surface area contributed by atoms with Gasteiger partial charge in [0.2, 0.25) is 6.23 Å². The van der Waals surface area contributed by atoms with Crippen molar-refractivity contribution in [2.45, 2.75) is 39.5 Å². The molecule has 4 heteroatoms. The molecule has 30 heavy (non-hydrogen) atoms. The highest BCUT2D eigenvalue weighted by Gasteiger charge is 2.41. The van der Waals surface area contributed by atoms with Gasteiger partial charge < -0.3 is 9.47 Å². The van der Waals surface area contributed by atoms with E-state index in [1.54, 1.807) is 0 Å². The molecule has 2 aliphatic rings. The number of hydrazone groups is 1. The van der Waals surface area contributed by atoms with Crippen LogP contribution < -0.4 is 9.47 Å². The lowest BCUT2D eigenvalue weighted by Crippen LogP contribution is -2.34. The quantitative estimate of drug-likeness (QED) is 0.545. The lowest BCUT2D eigenvalue weighted by Gasteiger charge is -2.38. The van der Waals surface area contributed by atoms with Crippen LogP contribution in [0.15, 0.2) is 71.8 Å². The fraction of sp³-hybridized carbons (Fsp3) is 0.269. The van der Waals surface area contributed by atoms with Gasteiger partial charge in [0, 0.05) is 17.5 Å². The van der Waals surface area contributed by atoms with Gasteiger partial charge in [0.1, 0.15) is 11.5 Å². The Bertz CT molecular complexity index is 1100. The van der Waals surface area contributed by atoms with Crippen LogP contribution in [-0.4, -0.2) is 17.3 Å². The lowest BCUT2D eigenvalue weighted by molar-refractivity contribution is -0.0194. The molecule has 2 heterocycles. The van der Waals surface area contributed by atoms with Gasteiger partial charge in [-0.3, -0.25) is 0 Å². The molecule has 0 bridgehead atoms. The predicted molar refractivity (Wildman–Crippen MR) is 119 cm³/mol. The zero-order valence-corrected chi connectivity index (χ0v) is 17.6. The number of hydrogen-bond donors (Lipinski definition) is 0. The standard InChI is InChI=1S/C26H26N2O2/c1-4-29-20-12-10-19(11-13-20)23-16-24-22-7-5-6-8-25(22)30-26(28(24)27-23)21-14-9-17(2)15-18(21)3/h5-15,24,26H,4,16H2,1-3H3/t24-,26-/m0/s1. The summed E-state index contributed by atoms with van der Waals surface area (Å²) in [5.74, 6) is 1.84. The van der Waals surface area contributed by atoms with Crippen LogP contribution in [0.2, 0.25) is 0 Å². The third kappa shape index (κ3) is 3.22. The number of ether oxygens (including phenoxy) is 2. The van der Waals surface area contributed by atoms with Crippen LogP contribution in [0.3, 0.4) is 0 Å². The molecular formula is C26H26N2O2. The van der Waals surface area contributed by atoms with Crippen molar-refractivity contribution >= 4 is 5.71 Å². The van der Waals surface area contributed by atoms with Gasteiger partial charge in [0.05, 0.1) is 18.4 Å². The van der Waals surface area contributed by atoms with E-state index in [2.05, 4.69) is 67.4 Å². The molecule has 3 aromatic rings. The van der Waals surface area contributed by atoms with Gasteiger partial charge in [0.15, 0.2) is 0 Å². The molecule has 2 atom stereocenters. The molecule has 152 valence electrons. The van der Waals surface area contributed by atoms with E-state index < -0.39 is 0 Å². The summed E-state index contributed by atoms with van der Waals surface area (Å²) in [5, 5.41) is 7.20. The molecule has 4 nitrogen and oxygen atoms in total. The number of fused-ring (bicyclic) bond motifs is 3. The first kappa shape index (κ1) is 18.7. The van der Waals surface area contributed by atoms with Crippen LogP contribution in [-0.2, 0) is 0 Å². The van der Waals surface area contributed by atoms with Crippen molar-refractivity contribution in [1.82, 2.24) is 5.01 Å². The van der Waals surface area contributed by atoms with Crippen LogP contribution in [0.4, 0.5) is 0 Å². The summed E-state index contributed by atoms with van der Waals surface area (Å²) in [6.07, 6.45) is 0.626. The van der Waals surface area contributed by atoms with Crippen molar-refractivity contribution in [2.24, 2.45) is 5.10 Å². The Morgan fingerprint density at radius 1 is 1.00 bits per heavy atom.